The zero-order valence-corrected chi connectivity index (χ0v) is 10.1. The molecule has 6 N–H and O–H groups in total. The van der Waals surface area contributed by atoms with Gasteiger partial charge in [-0.2, -0.15) is 0 Å². The van der Waals surface area contributed by atoms with E-state index in [0.29, 0.717) is 6.42 Å². The molecule has 19 heavy (non-hydrogen) atoms. The number of hydrogen-bond donors (Lipinski definition) is 5. The van der Waals surface area contributed by atoms with Crippen LogP contribution in [0, 0.1) is 0 Å². The van der Waals surface area contributed by atoms with Crippen LogP contribution in [0.2, 0.25) is 0 Å². The van der Waals surface area contributed by atoms with E-state index in [2.05, 4.69) is 10.3 Å². The van der Waals surface area contributed by atoms with Crippen LogP contribution in [-0.2, 0) is 4.79 Å². The lowest BCUT2D eigenvalue weighted by Crippen LogP contribution is -2.42. The first-order chi connectivity index (χ1) is 8.86. The molecule has 0 spiro atoms. The molecule has 1 rings (SSSR count). The Bertz CT molecular complexity index is 603. The molecule has 1 aromatic rings. The van der Waals surface area contributed by atoms with Gasteiger partial charge < -0.3 is 21.1 Å². The van der Waals surface area contributed by atoms with Crippen molar-refractivity contribution in [2.75, 3.05) is 5.73 Å². The maximum atomic E-state index is 11.8. The van der Waals surface area contributed by atoms with Crippen molar-refractivity contribution in [3.8, 4) is 0 Å². The first kappa shape index (κ1) is 14.5. The number of anilines is 1. The number of rotatable bonds is 5. The van der Waals surface area contributed by atoms with Crippen LogP contribution in [-0.4, -0.2) is 33.0 Å². The van der Waals surface area contributed by atoms with Crippen LogP contribution < -0.4 is 22.3 Å². The Kier molecular flexibility index (Phi) is 4.46. The summed E-state index contributed by atoms with van der Waals surface area (Å²) in [6.45, 7) is 1.76. The molecule has 1 unspecified atom stereocenters. The summed E-state index contributed by atoms with van der Waals surface area (Å²) in [6, 6.07) is -1.11. The van der Waals surface area contributed by atoms with Crippen molar-refractivity contribution < 1.29 is 14.7 Å². The molecule has 1 aromatic heterocycles. The molecule has 1 amide bonds. The van der Waals surface area contributed by atoms with Crippen molar-refractivity contribution in [1.29, 1.82) is 0 Å². The zero-order chi connectivity index (χ0) is 14.6. The predicted molar refractivity (Wildman–Crippen MR) is 65.9 cm³/mol. The largest absolute Gasteiger partial charge is 0.480 e. The molecule has 0 fully saturated rings. The van der Waals surface area contributed by atoms with Gasteiger partial charge in [0.25, 0.3) is 11.5 Å². The van der Waals surface area contributed by atoms with Crippen LogP contribution in [0.25, 0.3) is 0 Å². The Balaban J connectivity index is 3.04. The number of aliphatic carboxylic acids is 1. The molecule has 0 aliphatic rings. The van der Waals surface area contributed by atoms with E-state index in [-0.39, 0.29) is 6.42 Å². The fourth-order valence-corrected chi connectivity index (χ4v) is 1.45. The summed E-state index contributed by atoms with van der Waals surface area (Å²) < 4.78 is 0. The Morgan fingerprint density at radius 3 is 2.53 bits per heavy atom. The number of H-pyrrole nitrogens is 2. The second-order valence-electron chi connectivity index (χ2n) is 3.85. The van der Waals surface area contributed by atoms with Crippen LogP contribution in [0.1, 0.15) is 30.3 Å². The third-order valence-corrected chi connectivity index (χ3v) is 2.39. The highest BCUT2D eigenvalue weighted by Gasteiger charge is 2.22. The summed E-state index contributed by atoms with van der Waals surface area (Å²) in [5.74, 6) is -2.12. The number of amides is 1. The third-order valence-electron chi connectivity index (χ3n) is 2.39. The molecule has 9 heteroatoms. The van der Waals surface area contributed by atoms with E-state index in [9.17, 15) is 19.2 Å². The van der Waals surface area contributed by atoms with E-state index >= 15 is 0 Å². The minimum absolute atomic E-state index is 0.217. The van der Waals surface area contributed by atoms with Crippen LogP contribution in [0.4, 0.5) is 5.69 Å². The van der Waals surface area contributed by atoms with E-state index in [0.717, 1.165) is 0 Å². The van der Waals surface area contributed by atoms with Crippen LogP contribution in [0.5, 0.6) is 0 Å². The number of aromatic nitrogens is 2. The lowest BCUT2D eigenvalue weighted by molar-refractivity contribution is -0.139. The SMILES string of the molecule is CCCC(NC(=O)c1[nH]c(=O)[nH]c(=O)c1N)C(=O)O. The van der Waals surface area contributed by atoms with Gasteiger partial charge in [0.1, 0.15) is 17.4 Å². The first-order valence-electron chi connectivity index (χ1n) is 5.52. The van der Waals surface area contributed by atoms with E-state index in [1.54, 1.807) is 6.92 Å². The van der Waals surface area contributed by atoms with Gasteiger partial charge in [-0.3, -0.25) is 14.6 Å². The summed E-state index contributed by atoms with van der Waals surface area (Å²) >= 11 is 0. The zero-order valence-electron chi connectivity index (χ0n) is 10.1. The van der Waals surface area contributed by atoms with Gasteiger partial charge in [-0.1, -0.05) is 13.3 Å². The van der Waals surface area contributed by atoms with E-state index in [4.69, 9.17) is 10.8 Å². The number of hydrogen-bond acceptors (Lipinski definition) is 5. The molecule has 9 nitrogen and oxygen atoms in total. The Morgan fingerprint density at radius 1 is 1.37 bits per heavy atom. The van der Waals surface area contributed by atoms with E-state index in [1.165, 1.54) is 0 Å². The number of carbonyl (C=O) groups is 2. The summed E-state index contributed by atoms with van der Waals surface area (Å²) in [4.78, 5) is 48.8. The van der Waals surface area contributed by atoms with Gasteiger partial charge in [-0.25, -0.2) is 9.59 Å². The molecule has 0 aliphatic carbocycles. The third kappa shape index (κ3) is 3.44. The highest BCUT2D eigenvalue weighted by atomic mass is 16.4. The van der Waals surface area contributed by atoms with Crippen molar-refractivity contribution in [3.63, 3.8) is 0 Å². The smallest absolute Gasteiger partial charge is 0.326 e. The molecule has 104 valence electrons. The molecular formula is C10H14N4O5. The Morgan fingerprint density at radius 2 is 2.00 bits per heavy atom. The van der Waals surface area contributed by atoms with Crippen LogP contribution >= 0.6 is 0 Å². The lowest BCUT2D eigenvalue weighted by Gasteiger charge is -2.13. The maximum Gasteiger partial charge on any atom is 0.326 e. The highest BCUT2D eigenvalue weighted by Crippen LogP contribution is 2.02. The summed E-state index contributed by atoms with van der Waals surface area (Å²) in [6.07, 6.45) is 0.757. The maximum absolute atomic E-state index is 11.8. The van der Waals surface area contributed by atoms with Crippen molar-refractivity contribution in [1.82, 2.24) is 15.3 Å². The van der Waals surface area contributed by atoms with Gasteiger partial charge in [0, 0.05) is 0 Å². The number of carboxylic acid groups (broad SMARTS) is 1. The highest BCUT2D eigenvalue weighted by molar-refractivity contribution is 5.98. The number of nitrogen functional groups attached to an aromatic ring is 1. The monoisotopic (exact) mass is 270 g/mol. The van der Waals surface area contributed by atoms with Gasteiger partial charge in [-0.15, -0.1) is 0 Å². The first-order valence-corrected chi connectivity index (χ1v) is 5.52. The molecule has 0 saturated carbocycles. The number of nitrogens with one attached hydrogen (secondary N) is 3. The van der Waals surface area contributed by atoms with Crippen molar-refractivity contribution in [2.45, 2.75) is 25.8 Å². The van der Waals surface area contributed by atoms with Crippen molar-refractivity contribution >= 4 is 17.6 Å². The predicted octanol–water partition coefficient (Wildman–Crippen LogP) is -1.37. The van der Waals surface area contributed by atoms with Gasteiger partial charge in [0.15, 0.2) is 0 Å². The van der Waals surface area contributed by atoms with E-state index in [1.807, 2.05) is 4.98 Å². The minimum atomic E-state index is -1.21. The second-order valence-corrected chi connectivity index (χ2v) is 3.85. The van der Waals surface area contributed by atoms with Gasteiger partial charge >= 0.3 is 11.7 Å². The standard InChI is InChI=1S/C10H14N4O5/c1-2-3-4(9(17)18)12-8(16)6-5(11)7(15)14-10(19)13-6/h4H,2-3,11H2,1H3,(H,12,16)(H,17,18)(H2,13,14,15,19). The molecule has 0 aliphatic heterocycles. The second kappa shape index (κ2) is 5.85. The van der Waals surface area contributed by atoms with Crippen LogP contribution in [0.15, 0.2) is 9.59 Å². The summed E-state index contributed by atoms with van der Waals surface area (Å²) in [5, 5.41) is 11.1. The number of aromatic amines is 2. The molecular weight excluding hydrogens is 256 g/mol. The summed E-state index contributed by atoms with van der Waals surface area (Å²) in [5.41, 5.74) is 2.63. The molecule has 0 bridgehead atoms. The summed E-state index contributed by atoms with van der Waals surface area (Å²) in [7, 11) is 0. The Hall–Kier alpha value is -2.58. The molecule has 1 atom stereocenters. The fourth-order valence-electron chi connectivity index (χ4n) is 1.45. The lowest BCUT2D eigenvalue weighted by atomic mass is 10.1. The number of carbonyl (C=O) groups excluding carboxylic acids is 1. The van der Waals surface area contributed by atoms with Crippen molar-refractivity contribution in [2.24, 2.45) is 0 Å². The topological polar surface area (TPSA) is 158 Å². The molecule has 0 radical (unpaired) electrons. The van der Waals surface area contributed by atoms with Gasteiger partial charge in [0.05, 0.1) is 0 Å². The quantitative estimate of drug-likeness (QED) is 0.444. The molecule has 1 heterocycles. The average Bonchev–Trinajstić information content (AvgIpc) is 2.32. The van der Waals surface area contributed by atoms with Gasteiger partial charge in [0.2, 0.25) is 0 Å². The van der Waals surface area contributed by atoms with Gasteiger partial charge in [-0.05, 0) is 6.42 Å². The normalized spacial score (nSPS) is 11.8. The average molecular weight is 270 g/mol. The van der Waals surface area contributed by atoms with Crippen molar-refractivity contribution in [3.05, 3.63) is 26.5 Å². The molecule has 0 aromatic carbocycles. The Labute approximate surface area is 106 Å². The number of nitrogens with two attached hydrogens (primary N) is 1. The fraction of sp³-hybridized carbons (Fsp3) is 0.400. The van der Waals surface area contributed by atoms with E-state index < -0.39 is 40.5 Å². The number of carboxylic acids is 1. The molecule has 0 saturated heterocycles. The van der Waals surface area contributed by atoms with Crippen LogP contribution in [0.3, 0.4) is 0 Å². The minimum Gasteiger partial charge on any atom is -0.480 e.